The summed E-state index contributed by atoms with van der Waals surface area (Å²) in [6.45, 7) is 8.13. The highest BCUT2D eigenvalue weighted by atomic mass is 127. The fraction of sp³-hybridized carbons (Fsp3) is 0.269. The molecule has 0 saturated carbocycles. The molecular formula is C26H31IN6O. The van der Waals surface area contributed by atoms with Crippen molar-refractivity contribution in [3.8, 4) is 11.5 Å². The predicted molar refractivity (Wildman–Crippen MR) is 146 cm³/mol. The van der Waals surface area contributed by atoms with Crippen molar-refractivity contribution in [2.75, 3.05) is 7.05 Å². The van der Waals surface area contributed by atoms with Crippen LogP contribution < -0.4 is 10.6 Å². The Morgan fingerprint density at radius 2 is 1.68 bits per heavy atom. The van der Waals surface area contributed by atoms with Crippen LogP contribution in [0.2, 0.25) is 0 Å². The zero-order valence-corrected chi connectivity index (χ0v) is 22.3. The lowest BCUT2D eigenvalue weighted by Gasteiger charge is -2.11. The lowest BCUT2D eigenvalue weighted by molar-refractivity contribution is 0.572. The molecule has 2 N–H and O–H groups in total. The minimum absolute atomic E-state index is 0. The van der Waals surface area contributed by atoms with Gasteiger partial charge in [0.1, 0.15) is 6.26 Å². The van der Waals surface area contributed by atoms with Gasteiger partial charge in [-0.3, -0.25) is 9.67 Å². The van der Waals surface area contributed by atoms with Crippen molar-refractivity contribution in [3.05, 3.63) is 94.6 Å². The molecule has 0 amide bonds. The molecule has 34 heavy (non-hydrogen) atoms. The first kappa shape index (κ1) is 25.5. The lowest BCUT2D eigenvalue weighted by atomic mass is 10.1. The quantitative estimate of drug-likeness (QED) is 0.186. The third kappa shape index (κ3) is 6.25. The molecule has 178 valence electrons. The van der Waals surface area contributed by atoms with E-state index in [1.807, 2.05) is 25.1 Å². The van der Waals surface area contributed by atoms with Crippen LogP contribution in [0.5, 0.6) is 0 Å². The normalized spacial score (nSPS) is 11.2. The van der Waals surface area contributed by atoms with E-state index in [1.165, 1.54) is 16.7 Å². The van der Waals surface area contributed by atoms with Gasteiger partial charge >= 0.3 is 0 Å². The number of aromatic nitrogens is 3. The molecule has 0 unspecified atom stereocenters. The van der Waals surface area contributed by atoms with Crippen LogP contribution in [0.25, 0.3) is 11.5 Å². The summed E-state index contributed by atoms with van der Waals surface area (Å²) in [6.07, 6.45) is 1.68. The van der Waals surface area contributed by atoms with Crippen LogP contribution in [-0.4, -0.2) is 27.8 Å². The molecule has 0 bridgehead atoms. The number of aryl methyl sites for hydroxylation is 2. The van der Waals surface area contributed by atoms with E-state index >= 15 is 0 Å². The minimum Gasteiger partial charge on any atom is -0.444 e. The van der Waals surface area contributed by atoms with Gasteiger partial charge in [-0.15, -0.1) is 24.0 Å². The number of hydrogen-bond acceptors (Lipinski definition) is 4. The molecule has 2 aromatic heterocycles. The number of nitrogens with zero attached hydrogens (tertiary/aromatic N) is 4. The Kier molecular flexibility index (Phi) is 8.86. The van der Waals surface area contributed by atoms with Crippen molar-refractivity contribution >= 4 is 29.9 Å². The van der Waals surface area contributed by atoms with Gasteiger partial charge in [0, 0.05) is 30.4 Å². The maximum atomic E-state index is 5.65. The van der Waals surface area contributed by atoms with E-state index in [1.54, 1.807) is 13.3 Å². The van der Waals surface area contributed by atoms with E-state index in [0.29, 0.717) is 24.9 Å². The summed E-state index contributed by atoms with van der Waals surface area (Å²) in [5.74, 6) is 1.32. The van der Waals surface area contributed by atoms with Crippen LogP contribution in [0.1, 0.15) is 33.8 Å². The molecule has 7 nitrogen and oxygen atoms in total. The third-order valence-electron chi connectivity index (χ3n) is 5.65. The van der Waals surface area contributed by atoms with Gasteiger partial charge in [0.2, 0.25) is 5.89 Å². The zero-order valence-electron chi connectivity index (χ0n) is 20.0. The summed E-state index contributed by atoms with van der Waals surface area (Å²) >= 11 is 0. The number of benzene rings is 2. The molecule has 4 aromatic rings. The predicted octanol–water partition coefficient (Wildman–Crippen LogP) is 4.99. The third-order valence-corrected chi connectivity index (χ3v) is 5.65. The standard InChI is InChI=1S/C26H30N6O.HI/c1-18-10-12-22(13-11-18)25-30-23(17-33-25)14-28-26(27-4)29-15-24-19(2)31-32(20(24)3)16-21-8-6-5-7-9-21;/h5-13,17H,14-16H2,1-4H3,(H2,27,28,29);1H. The highest BCUT2D eigenvalue weighted by molar-refractivity contribution is 14.0. The molecule has 0 spiro atoms. The van der Waals surface area contributed by atoms with E-state index in [-0.39, 0.29) is 24.0 Å². The summed E-state index contributed by atoms with van der Waals surface area (Å²) in [5.41, 5.74) is 7.57. The lowest BCUT2D eigenvalue weighted by Crippen LogP contribution is -2.36. The molecule has 0 radical (unpaired) electrons. The molecule has 2 aromatic carbocycles. The van der Waals surface area contributed by atoms with Crippen LogP contribution in [0.15, 0.2) is 70.3 Å². The molecule has 0 aliphatic heterocycles. The van der Waals surface area contributed by atoms with Crippen molar-refractivity contribution < 1.29 is 4.42 Å². The smallest absolute Gasteiger partial charge is 0.226 e. The van der Waals surface area contributed by atoms with Crippen LogP contribution in [-0.2, 0) is 19.6 Å². The van der Waals surface area contributed by atoms with Gasteiger partial charge in [-0.2, -0.15) is 5.10 Å². The van der Waals surface area contributed by atoms with Crippen LogP contribution in [0.3, 0.4) is 0 Å². The first-order chi connectivity index (χ1) is 16.0. The molecule has 0 aliphatic carbocycles. The summed E-state index contributed by atoms with van der Waals surface area (Å²) in [4.78, 5) is 8.92. The zero-order chi connectivity index (χ0) is 23.2. The average Bonchev–Trinajstić information content (AvgIpc) is 3.40. The van der Waals surface area contributed by atoms with Gasteiger partial charge in [0.05, 0.1) is 24.5 Å². The largest absolute Gasteiger partial charge is 0.444 e. The minimum atomic E-state index is 0. The molecule has 0 aliphatic rings. The van der Waals surface area contributed by atoms with Crippen molar-refractivity contribution in [3.63, 3.8) is 0 Å². The van der Waals surface area contributed by atoms with Crippen LogP contribution in [0.4, 0.5) is 0 Å². The number of rotatable bonds is 7. The fourth-order valence-electron chi connectivity index (χ4n) is 3.68. The summed E-state index contributed by atoms with van der Waals surface area (Å²) in [6, 6.07) is 18.5. The molecule has 8 heteroatoms. The van der Waals surface area contributed by atoms with Crippen molar-refractivity contribution in [1.29, 1.82) is 0 Å². The topological polar surface area (TPSA) is 80.3 Å². The van der Waals surface area contributed by atoms with E-state index < -0.39 is 0 Å². The number of aliphatic imine (C=N–C) groups is 1. The highest BCUT2D eigenvalue weighted by Gasteiger charge is 2.13. The summed E-state index contributed by atoms with van der Waals surface area (Å²) < 4.78 is 7.70. The Morgan fingerprint density at radius 1 is 0.971 bits per heavy atom. The summed E-state index contributed by atoms with van der Waals surface area (Å²) in [7, 11) is 1.76. The van der Waals surface area contributed by atoms with Gasteiger partial charge in [-0.1, -0.05) is 48.0 Å². The highest BCUT2D eigenvalue weighted by Crippen LogP contribution is 2.19. The van der Waals surface area contributed by atoms with E-state index in [9.17, 15) is 0 Å². The monoisotopic (exact) mass is 570 g/mol. The van der Waals surface area contributed by atoms with Crippen molar-refractivity contribution in [1.82, 2.24) is 25.4 Å². The number of nitrogens with one attached hydrogen (secondary N) is 2. The number of hydrogen-bond donors (Lipinski definition) is 2. The Bertz CT molecular complexity index is 1230. The van der Waals surface area contributed by atoms with Gasteiger partial charge in [0.15, 0.2) is 5.96 Å². The second-order valence-electron chi connectivity index (χ2n) is 8.08. The first-order valence-electron chi connectivity index (χ1n) is 11.1. The molecule has 4 rings (SSSR count). The number of oxazole rings is 1. The first-order valence-corrected chi connectivity index (χ1v) is 11.1. The second kappa shape index (κ2) is 11.8. The Labute approximate surface area is 217 Å². The van der Waals surface area contributed by atoms with Crippen LogP contribution in [0, 0.1) is 20.8 Å². The molecule has 0 fully saturated rings. The SMILES string of the molecule is CN=C(NCc1coc(-c2ccc(C)cc2)n1)NCc1c(C)nn(Cc2ccccc2)c1C.I. The fourth-order valence-corrected chi connectivity index (χ4v) is 3.68. The van der Waals surface area contributed by atoms with Gasteiger partial charge < -0.3 is 15.1 Å². The van der Waals surface area contributed by atoms with E-state index in [0.717, 1.165) is 29.2 Å². The van der Waals surface area contributed by atoms with Gasteiger partial charge in [-0.25, -0.2) is 4.98 Å². The number of guanidine groups is 1. The van der Waals surface area contributed by atoms with Gasteiger partial charge in [0.25, 0.3) is 0 Å². The Morgan fingerprint density at radius 3 is 2.38 bits per heavy atom. The molecule has 0 atom stereocenters. The maximum Gasteiger partial charge on any atom is 0.226 e. The molecule has 0 saturated heterocycles. The van der Waals surface area contributed by atoms with Crippen LogP contribution >= 0.6 is 24.0 Å². The van der Waals surface area contributed by atoms with E-state index in [2.05, 4.69) is 75.5 Å². The van der Waals surface area contributed by atoms with E-state index in [4.69, 9.17) is 9.52 Å². The van der Waals surface area contributed by atoms with Crippen molar-refractivity contribution in [2.24, 2.45) is 4.99 Å². The molecular weight excluding hydrogens is 539 g/mol. The second-order valence-corrected chi connectivity index (χ2v) is 8.08. The molecule has 2 heterocycles. The average molecular weight is 570 g/mol. The summed E-state index contributed by atoms with van der Waals surface area (Å²) in [5, 5.41) is 11.4. The number of halogens is 1. The Balaban J connectivity index is 0.00000324. The van der Waals surface area contributed by atoms with Gasteiger partial charge in [-0.05, 0) is 38.5 Å². The maximum absolute atomic E-state index is 5.65. The Hall–Kier alpha value is -3.14. The van der Waals surface area contributed by atoms with Crippen molar-refractivity contribution in [2.45, 2.75) is 40.4 Å².